The Balaban J connectivity index is 4.17. The van der Waals surface area contributed by atoms with Crippen LogP contribution in [0.3, 0.4) is 0 Å². The van der Waals surface area contributed by atoms with Gasteiger partial charge in [0.2, 0.25) is 0 Å². The fourth-order valence-electron chi connectivity index (χ4n) is 7.65. The van der Waals surface area contributed by atoms with Gasteiger partial charge in [-0.1, -0.05) is 237 Å². The van der Waals surface area contributed by atoms with Crippen LogP contribution in [0.2, 0.25) is 0 Å². The van der Waals surface area contributed by atoms with E-state index >= 15 is 0 Å². The van der Waals surface area contributed by atoms with E-state index in [-0.39, 0.29) is 25.2 Å². The number of allylic oxidation sites excluding steroid dienone is 6. The Kier molecular flexibility index (Phi) is 49.9. The smallest absolute Gasteiger partial charge is 0.306 e. The van der Waals surface area contributed by atoms with Gasteiger partial charge in [-0.05, 0) is 64.2 Å². The van der Waals surface area contributed by atoms with Gasteiger partial charge in [-0.3, -0.25) is 9.59 Å². The molecule has 0 spiro atoms. The van der Waals surface area contributed by atoms with Gasteiger partial charge in [-0.2, -0.15) is 0 Å². The number of rotatable bonds is 49. The summed E-state index contributed by atoms with van der Waals surface area (Å²) in [5.41, 5.74) is 0. The van der Waals surface area contributed by atoms with Crippen LogP contribution in [0.5, 0.6) is 0 Å². The van der Waals surface area contributed by atoms with Gasteiger partial charge in [0.15, 0.2) is 6.10 Å². The third kappa shape index (κ3) is 48.8. The molecular weight excluding hydrogens is 741 g/mol. The zero-order valence-electron chi connectivity index (χ0n) is 40.5. The highest BCUT2D eigenvalue weighted by atomic mass is 16.6. The van der Waals surface area contributed by atoms with Crippen molar-refractivity contribution in [1.82, 2.24) is 0 Å². The van der Waals surface area contributed by atoms with Crippen molar-refractivity contribution in [2.75, 3.05) is 19.8 Å². The highest BCUT2D eigenvalue weighted by molar-refractivity contribution is 5.70. The van der Waals surface area contributed by atoms with Crippen LogP contribution in [0, 0.1) is 0 Å². The first-order valence-electron chi connectivity index (χ1n) is 26.5. The normalized spacial score (nSPS) is 12.4. The van der Waals surface area contributed by atoms with Crippen LogP contribution in [0.25, 0.3) is 0 Å². The van der Waals surface area contributed by atoms with Crippen LogP contribution >= 0.6 is 0 Å². The van der Waals surface area contributed by atoms with Crippen LogP contribution in [-0.2, 0) is 23.8 Å². The third-order valence-electron chi connectivity index (χ3n) is 11.6. The Morgan fingerprint density at radius 1 is 0.367 bits per heavy atom. The molecule has 0 aliphatic heterocycles. The molecule has 5 heteroatoms. The Bertz CT molecular complexity index is 955. The molecule has 0 aromatic heterocycles. The lowest BCUT2D eigenvalue weighted by atomic mass is 10.0. The van der Waals surface area contributed by atoms with Crippen molar-refractivity contribution >= 4 is 11.9 Å². The third-order valence-corrected chi connectivity index (χ3v) is 11.6. The van der Waals surface area contributed by atoms with Crippen LogP contribution in [0.1, 0.15) is 278 Å². The van der Waals surface area contributed by atoms with E-state index in [0.717, 1.165) is 57.8 Å². The lowest BCUT2D eigenvalue weighted by Crippen LogP contribution is -2.30. The summed E-state index contributed by atoms with van der Waals surface area (Å²) >= 11 is 0. The molecule has 0 saturated carbocycles. The number of hydrogen-bond acceptors (Lipinski definition) is 5. The molecule has 0 fully saturated rings. The van der Waals surface area contributed by atoms with Crippen molar-refractivity contribution in [2.24, 2.45) is 0 Å². The van der Waals surface area contributed by atoms with Gasteiger partial charge in [0.05, 0.1) is 6.61 Å². The minimum absolute atomic E-state index is 0.0823. The quantitative estimate of drug-likeness (QED) is 0.0347. The average molecular weight is 843 g/mol. The Morgan fingerprint density at radius 3 is 1.23 bits per heavy atom. The topological polar surface area (TPSA) is 61.8 Å². The number of esters is 2. The molecule has 60 heavy (non-hydrogen) atoms. The summed E-state index contributed by atoms with van der Waals surface area (Å²) in [5.74, 6) is -0.400. The summed E-state index contributed by atoms with van der Waals surface area (Å²) in [6.45, 7) is 7.74. The molecule has 0 N–H and O–H groups in total. The monoisotopic (exact) mass is 843 g/mol. The van der Waals surface area contributed by atoms with Crippen molar-refractivity contribution in [1.29, 1.82) is 0 Å². The average Bonchev–Trinajstić information content (AvgIpc) is 3.25. The first kappa shape index (κ1) is 58.1. The summed E-state index contributed by atoms with van der Waals surface area (Å²) in [4.78, 5) is 25.4. The van der Waals surface area contributed by atoms with E-state index in [1.807, 2.05) is 0 Å². The second-order valence-electron chi connectivity index (χ2n) is 17.8. The summed E-state index contributed by atoms with van der Waals surface area (Å²) in [5, 5.41) is 0. The molecule has 0 radical (unpaired) electrons. The van der Waals surface area contributed by atoms with E-state index in [1.54, 1.807) is 0 Å². The number of carbonyl (C=O) groups excluding carboxylic acids is 2. The molecular formula is C55H102O5. The van der Waals surface area contributed by atoms with Crippen molar-refractivity contribution < 1.29 is 23.8 Å². The minimum atomic E-state index is -0.541. The van der Waals surface area contributed by atoms with Crippen molar-refractivity contribution in [3.05, 3.63) is 36.5 Å². The highest BCUT2D eigenvalue weighted by Gasteiger charge is 2.17. The van der Waals surface area contributed by atoms with E-state index in [2.05, 4.69) is 57.2 Å². The van der Waals surface area contributed by atoms with Crippen molar-refractivity contribution in [2.45, 2.75) is 284 Å². The minimum Gasteiger partial charge on any atom is -0.462 e. The standard InChI is InChI=1S/C55H102O5/c1-4-7-10-13-16-19-22-24-26-27-28-29-30-31-34-36-39-42-45-48-54(56)59-52-53(60-55(57)49-46-43-40-37-33-21-18-15-12-9-6-3)51-58-50-47-44-41-38-35-32-25-23-20-17-14-11-8-5-2/h11,14-15,18,20,23,53H,4-10,12-13,16-17,19,21-22,24-52H2,1-3H3/b14-11-,18-15-,23-20-. The zero-order valence-corrected chi connectivity index (χ0v) is 40.5. The van der Waals surface area contributed by atoms with Gasteiger partial charge in [0, 0.05) is 19.4 Å². The summed E-state index contributed by atoms with van der Waals surface area (Å²) < 4.78 is 17.4. The molecule has 0 rings (SSSR count). The number of ether oxygens (including phenoxy) is 3. The molecule has 0 heterocycles. The summed E-state index contributed by atoms with van der Waals surface area (Å²) in [7, 11) is 0. The van der Waals surface area contributed by atoms with E-state index < -0.39 is 6.10 Å². The van der Waals surface area contributed by atoms with Crippen molar-refractivity contribution in [3.63, 3.8) is 0 Å². The Morgan fingerprint density at radius 2 is 0.750 bits per heavy atom. The van der Waals surface area contributed by atoms with Gasteiger partial charge in [-0.25, -0.2) is 0 Å². The van der Waals surface area contributed by atoms with Crippen LogP contribution in [0.15, 0.2) is 36.5 Å². The Hall–Kier alpha value is -1.88. The maximum Gasteiger partial charge on any atom is 0.306 e. The fraction of sp³-hybridized carbons (Fsp3) is 0.855. The zero-order chi connectivity index (χ0) is 43.5. The fourth-order valence-corrected chi connectivity index (χ4v) is 7.65. The molecule has 0 saturated heterocycles. The van der Waals surface area contributed by atoms with E-state index in [0.29, 0.717) is 19.4 Å². The van der Waals surface area contributed by atoms with E-state index in [9.17, 15) is 9.59 Å². The predicted molar refractivity (Wildman–Crippen MR) is 261 cm³/mol. The largest absolute Gasteiger partial charge is 0.462 e. The first-order valence-corrected chi connectivity index (χ1v) is 26.5. The SMILES string of the molecule is CCC/C=C\C/C=C\CCCCCCCCOCC(COC(=O)CCCCCCCCCCCCCCCCCCCCC)OC(=O)CCCCCCC/C=C\CCCC. The van der Waals surface area contributed by atoms with Gasteiger partial charge in [-0.15, -0.1) is 0 Å². The first-order chi connectivity index (χ1) is 29.6. The predicted octanol–water partition coefficient (Wildman–Crippen LogP) is 17.8. The van der Waals surface area contributed by atoms with Gasteiger partial charge >= 0.3 is 11.9 Å². The van der Waals surface area contributed by atoms with Crippen LogP contribution in [-0.4, -0.2) is 37.9 Å². The van der Waals surface area contributed by atoms with Gasteiger partial charge in [0.25, 0.3) is 0 Å². The lowest BCUT2D eigenvalue weighted by molar-refractivity contribution is -0.163. The molecule has 1 atom stereocenters. The van der Waals surface area contributed by atoms with Gasteiger partial charge < -0.3 is 14.2 Å². The van der Waals surface area contributed by atoms with Crippen LogP contribution < -0.4 is 0 Å². The molecule has 0 aromatic rings. The second-order valence-corrected chi connectivity index (χ2v) is 17.8. The molecule has 0 aliphatic rings. The maximum atomic E-state index is 12.8. The second kappa shape index (κ2) is 51.5. The maximum absolute atomic E-state index is 12.8. The molecule has 5 nitrogen and oxygen atoms in total. The van der Waals surface area contributed by atoms with Crippen LogP contribution in [0.4, 0.5) is 0 Å². The summed E-state index contributed by atoms with van der Waals surface area (Å²) in [6.07, 6.45) is 61.6. The number of unbranched alkanes of at least 4 members (excludes halogenated alkanes) is 32. The van der Waals surface area contributed by atoms with E-state index in [1.165, 1.54) is 186 Å². The molecule has 0 bridgehead atoms. The van der Waals surface area contributed by atoms with Crippen molar-refractivity contribution in [3.8, 4) is 0 Å². The van der Waals surface area contributed by atoms with E-state index in [4.69, 9.17) is 14.2 Å². The Labute approximate surface area is 374 Å². The highest BCUT2D eigenvalue weighted by Crippen LogP contribution is 2.16. The molecule has 0 aliphatic carbocycles. The number of hydrogen-bond donors (Lipinski definition) is 0. The molecule has 0 amide bonds. The molecule has 1 unspecified atom stereocenters. The summed E-state index contributed by atoms with van der Waals surface area (Å²) in [6, 6.07) is 0. The van der Waals surface area contributed by atoms with Gasteiger partial charge in [0.1, 0.15) is 6.61 Å². The number of carbonyl (C=O) groups is 2. The lowest BCUT2D eigenvalue weighted by Gasteiger charge is -2.18. The molecule has 0 aromatic carbocycles. The molecule has 352 valence electrons.